The van der Waals surface area contributed by atoms with Gasteiger partial charge in [0.25, 0.3) is 0 Å². The smallest absolute Gasteiger partial charge is 0.124 e. The summed E-state index contributed by atoms with van der Waals surface area (Å²) < 4.78 is 19.2. The van der Waals surface area contributed by atoms with Crippen LogP contribution in [0.25, 0.3) is 0 Å². The van der Waals surface area contributed by atoms with Crippen LogP contribution in [0.1, 0.15) is 17.0 Å². The van der Waals surface area contributed by atoms with Crippen molar-refractivity contribution >= 4 is 0 Å². The van der Waals surface area contributed by atoms with Crippen molar-refractivity contribution in [3.8, 4) is 5.75 Å². The lowest BCUT2D eigenvalue weighted by atomic mass is 9.88. The van der Waals surface area contributed by atoms with Gasteiger partial charge in [-0.05, 0) is 23.8 Å². The lowest BCUT2D eigenvalue weighted by Gasteiger charge is -2.17. The van der Waals surface area contributed by atoms with Gasteiger partial charge in [0.15, 0.2) is 0 Å². The van der Waals surface area contributed by atoms with Gasteiger partial charge in [-0.2, -0.15) is 0 Å². The summed E-state index contributed by atoms with van der Waals surface area (Å²) in [5.74, 6) is 0.513. The van der Waals surface area contributed by atoms with E-state index in [0.717, 1.165) is 16.9 Å². The molecule has 1 aliphatic heterocycles. The van der Waals surface area contributed by atoms with Crippen molar-refractivity contribution in [1.82, 2.24) is 0 Å². The maximum absolute atomic E-state index is 13.4. The van der Waals surface area contributed by atoms with Crippen LogP contribution in [0.4, 0.5) is 4.39 Å². The predicted octanol–water partition coefficient (Wildman–Crippen LogP) is 2.68. The highest BCUT2D eigenvalue weighted by atomic mass is 19.1. The topological polar surface area (TPSA) is 35.2 Å². The first-order chi connectivity index (χ1) is 8.79. The average Bonchev–Trinajstić information content (AvgIpc) is 2.77. The van der Waals surface area contributed by atoms with Crippen molar-refractivity contribution in [1.29, 1.82) is 0 Å². The van der Waals surface area contributed by atoms with E-state index in [2.05, 4.69) is 0 Å². The summed E-state index contributed by atoms with van der Waals surface area (Å²) in [6.45, 7) is 0.413. The number of halogens is 1. The molecule has 92 valence electrons. The third-order valence-corrected chi connectivity index (χ3v) is 3.35. The number of benzene rings is 2. The summed E-state index contributed by atoms with van der Waals surface area (Å²) in [5, 5.41) is 0. The van der Waals surface area contributed by atoms with Gasteiger partial charge >= 0.3 is 0 Å². The van der Waals surface area contributed by atoms with E-state index < -0.39 is 0 Å². The third-order valence-electron chi connectivity index (χ3n) is 3.35. The van der Waals surface area contributed by atoms with E-state index >= 15 is 0 Å². The minimum absolute atomic E-state index is 0.0156. The normalized spacial score (nSPS) is 21.4. The van der Waals surface area contributed by atoms with Crippen molar-refractivity contribution in [3.05, 3.63) is 65.5 Å². The van der Waals surface area contributed by atoms with Gasteiger partial charge < -0.3 is 10.5 Å². The highest BCUT2D eigenvalue weighted by Gasteiger charge is 2.34. The number of rotatable bonds is 2. The van der Waals surface area contributed by atoms with Crippen molar-refractivity contribution in [2.75, 3.05) is 6.54 Å². The largest absolute Gasteiger partial charge is 0.488 e. The zero-order valence-corrected chi connectivity index (χ0v) is 9.84. The molecule has 18 heavy (non-hydrogen) atoms. The van der Waals surface area contributed by atoms with E-state index in [9.17, 15) is 4.39 Å². The van der Waals surface area contributed by atoms with Crippen LogP contribution < -0.4 is 10.5 Å². The fraction of sp³-hybridized carbons (Fsp3) is 0.200. The molecule has 0 fully saturated rings. The van der Waals surface area contributed by atoms with Gasteiger partial charge in [0.2, 0.25) is 0 Å². The Balaban J connectivity index is 2.10. The van der Waals surface area contributed by atoms with Crippen LogP contribution in [0.5, 0.6) is 5.75 Å². The van der Waals surface area contributed by atoms with E-state index in [1.54, 1.807) is 12.1 Å². The summed E-state index contributed by atoms with van der Waals surface area (Å²) in [7, 11) is 0. The molecule has 1 heterocycles. The molecular formula is C15H14FNO. The second kappa shape index (κ2) is 4.42. The molecular weight excluding hydrogens is 229 g/mol. The summed E-state index contributed by atoms with van der Waals surface area (Å²) in [6.07, 6.45) is -0.121. The molecule has 1 aliphatic rings. The number of fused-ring (bicyclic) bond motifs is 1. The Morgan fingerprint density at radius 2 is 1.89 bits per heavy atom. The molecule has 0 radical (unpaired) electrons. The van der Waals surface area contributed by atoms with Gasteiger partial charge in [-0.25, -0.2) is 4.39 Å². The van der Waals surface area contributed by atoms with Crippen molar-refractivity contribution in [3.63, 3.8) is 0 Å². The van der Waals surface area contributed by atoms with Gasteiger partial charge in [-0.1, -0.05) is 30.3 Å². The first-order valence-electron chi connectivity index (χ1n) is 6.00. The van der Waals surface area contributed by atoms with Crippen LogP contribution in [0, 0.1) is 5.82 Å². The fourth-order valence-electron chi connectivity index (χ4n) is 2.54. The molecule has 0 aliphatic carbocycles. The maximum Gasteiger partial charge on any atom is 0.124 e. The van der Waals surface area contributed by atoms with E-state index in [4.69, 9.17) is 10.5 Å². The van der Waals surface area contributed by atoms with Crippen molar-refractivity contribution in [2.45, 2.75) is 12.0 Å². The molecule has 0 bridgehead atoms. The van der Waals surface area contributed by atoms with Crippen LogP contribution >= 0.6 is 0 Å². The maximum atomic E-state index is 13.4. The molecule has 2 atom stereocenters. The number of hydrogen-bond acceptors (Lipinski definition) is 2. The Labute approximate surface area is 105 Å². The summed E-state index contributed by atoms with van der Waals surface area (Å²) in [4.78, 5) is 0. The Morgan fingerprint density at radius 1 is 1.11 bits per heavy atom. The number of nitrogens with two attached hydrogens (primary N) is 1. The van der Waals surface area contributed by atoms with Gasteiger partial charge in [-0.3, -0.25) is 0 Å². The molecule has 3 rings (SSSR count). The summed E-state index contributed by atoms with van der Waals surface area (Å²) in [5.41, 5.74) is 7.75. The summed E-state index contributed by atoms with van der Waals surface area (Å²) in [6, 6.07) is 14.6. The fourth-order valence-corrected chi connectivity index (χ4v) is 2.54. The van der Waals surface area contributed by atoms with Gasteiger partial charge in [0, 0.05) is 12.1 Å². The Bertz CT molecular complexity index is 556. The second-order valence-electron chi connectivity index (χ2n) is 4.46. The molecule has 2 aromatic rings. The summed E-state index contributed by atoms with van der Waals surface area (Å²) >= 11 is 0. The van der Waals surface area contributed by atoms with E-state index in [0.29, 0.717) is 6.54 Å². The van der Waals surface area contributed by atoms with Gasteiger partial charge in [0.1, 0.15) is 17.7 Å². The predicted molar refractivity (Wildman–Crippen MR) is 68.2 cm³/mol. The first kappa shape index (κ1) is 11.2. The Morgan fingerprint density at radius 3 is 2.61 bits per heavy atom. The van der Waals surface area contributed by atoms with Crippen LogP contribution in [0.3, 0.4) is 0 Å². The highest BCUT2D eigenvalue weighted by Crippen LogP contribution is 2.42. The molecule has 2 unspecified atom stereocenters. The van der Waals surface area contributed by atoms with Crippen molar-refractivity contribution in [2.24, 2.45) is 5.73 Å². The van der Waals surface area contributed by atoms with Gasteiger partial charge in [0.05, 0.1) is 5.92 Å². The molecule has 2 aromatic carbocycles. The van der Waals surface area contributed by atoms with Crippen molar-refractivity contribution < 1.29 is 9.13 Å². The molecule has 0 saturated carbocycles. The number of ether oxygens (including phenoxy) is 1. The monoisotopic (exact) mass is 243 g/mol. The SMILES string of the molecule is NCC1Oc2ccc(F)cc2C1c1ccccc1. The standard InChI is InChI=1S/C15H14FNO/c16-11-6-7-13-12(8-11)15(14(9-17)18-13)10-4-2-1-3-5-10/h1-8,14-15H,9,17H2. The minimum atomic E-state index is -0.240. The van der Waals surface area contributed by atoms with E-state index in [1.807, 2.05) is 30.3 Å². The Hall–Kier alpha value is -1.87. The quantitative estimate of drug-likeness (QED) is 0.880. The first-order valence-corrected chi connectivity index (χ1v) is 6.00. The van der Waals surface area contributed by atoms with Crippen LogP contribution in [0.2, 0.25) is 0 Å². The van der Waals surface area contributed by atoms with E-state index in [1.165, 1.54) is 6.07 Å². The van der Waals surface area contributed by atoms with Crippen LogP contribution in [-0.4, -0.2) is 12.6 Å². The average molecular weight is 243 g/mol. The molecule has 2 nitrogen and oxygen atoms in total. The lowest BCUT2D eigenvalue weighted by Crippen LogP contribution is -2.28. The second-order valence-corrected chi connectivity index (χ2v) is 4.46. The molecule has 0 saturated heterocycles. The van der Waals surface area contributed by atoms with E-state index in [-0.39, 0.29) is 17.8 Å². The van der Waals surface area contributed by atoms with Gasteiger partial charge in [-0.15, -0.1) is 0 Å². The highest BCUT2D eigenvalue weighted by molar-refractivity contribution is 5.47. The molecule has 0 aromatic heterocycles. The lowest BCUT2D eigenvalue weighted by molar-refractivity contribution is 0.226. The minimum Gasteiger partial charge on any atom is -0.488 e. The Kier molecular flexibility index (Phi) is 2.76. The third kappa shape index (κ3) is 1.77. The van der Waals surface area contributed by atoms with Crippen LogP contribution in [-0.2, 0) is 0 Å². The van der Waals surface area contributed by atoms with Crippen LogP contribution in [0.15, 0.2) is 48.5 Å². The zero-order chi connectivity index (χ0) is 12.5. The zero-order valence-electron chi connectivity index (χ0n) is 9.84. The molecule has 2 N–H and O–H groups in total. The molecule has 0 amide bonds. The molecule has 0 spiro atoms. The number of hydrogen-bond donors (Lipinski definition) is 1. The molecule has 3 heteroatoms.